The number of nitrogens with one attached hydrogen (secondary N) is 1. The van der Waals surface area contributed by atoms with Gasteiger partial charge in [0.15, 0.2) is 4.96 Å². The van der Waals surface area contributed by atoms with Crippen LogP contribution in [0.2, 0.25) is 0 Å². The molecule has 1 aliphatic heterocycles. The Morgan fingerprint density at radius 1 is 1.39 bits per heavy atom. The number of aromatic nitrogens is 2. The summed E-state index contributed by atoms with van der Waals surface area (Å²) in [7, 11) is 0. The van der Waals surface area contributed by atoms with E-state index in [1.54, 1.807) is 12.1 Å². The van der Waals surface area contributed by atoms with E-state index in [1.807, 2.05) is 16.0 Å². The molecule has 0 bridgehead atoms. The number of hydrogen-bond acceptors (Lipinski definition) is 4. The number of halogens is 1. The summed E-state index contributed by atoms with van der Waals surface area (Å²) in [4.78, 5) is 17.8. The molecule has 1 fully saturated rings. The molecule has 23 heavy (non-hydrogen) atoms. The fourth-order valence-electron chi connectivity index (χ4n) is 2.67. The van der Waals surface area contributed by atoms with Crippen LogP contribution in [-0.4, -0.2) is 28.5 Å². The average molecular weight is 331 g/mol. The fourth-order valence-corrected chi connectivity index (χ4v) is 3.39. The van der Waals surface area contributed by atoms with Crippen LogP contribution in [0.25, 0.3) is 16.2 Å². The molecule has 3 aromatic rings. The van der Waals surface area contributed by atoms with Crippen LogP contribution >= 0.6 is 11.3 Å². The number of fused-ring (bicyclic) bond motifs is 1. The Bertz CT molecular complexity index is 850. The number of carbonyl (C=O) groups is 1. The molecule has 1 aliphatic rings. The first-order valence-corrected chi connectivity index (χ1v) is 8.20. The van der Waals surface area contributed by atoms with Crippen molar-refractivity contribution in [3.8, 4) is 11.3 Å². The Balaban J connectivity index is 1.74. The number of hydrogen-bond donors (Lipinski definition) is 1. The van der Waals surface area contributed by atoms with Crippen molar-refractivity contribution in [1.82, 2.24) is 9.38 Å². The average Bonchev–Trinajstić information content (AvgIpc) is 3.26. The zero-order valence-electron chi connectivity index (χ0n) is 12.2. The van der Waals surface area contributed by atoms with E-state index in [-0.39, 0.29) is 17.6 Å². The number of rotatable bonds is 3. The zero-order valence-corrected chi connectivity index (χ0v) is 13.0. The fraction of sp³-hybridized carbons (Fsp3) is 0.250. The summed E-state index contributed by atoms with van der Waals surface area (Å²) in [6.45, 7) is 1.06. The maximum atomic E-state index is 13.2. The summed E-state index contributed by atoms with van der Waals surface area (Å²) in [5.41, 5.74) is 1.41. The van der Waals surface area contributed by atoms with E-state index in [9.17, 15) is 9.18 Å². The topological polar surface area (TPSA) is 55.6 Å². The number of anilines is 1. The van der Waals surface area contributed by atoms with Crippen molar-refractivity contribution in [3.63, 3.8) is 0 Å². The highest BCUT2D eigenvalue weighted by Gasteiger charge is 2.26. The maximum Gasteiger partial charge on any atom is 0.231 e. The molecule has 2 aromatic heterocycles. The molecule has 0 saturated carbocycles. The number of amides is 1. The van der Waals surface area contributed by atoms with Gasteiger partial charge in [-0.1, -0.05) is 0 Å². The van der Waals surface area contributed by atoms with E-state index in [1.165, 1.54) is 23.5 Å². The molecule has 1 saturated heterocycles. The normalized spacial score (nSPS) is 17.7. The molecule has 7 heteroatoms. The summed E-state index contributed by atoms with van der Waals surface area (Å²) < 4.78 is 20.3. The Kier molecular flexibility index (Phi) is 3.59. The van der Waals surface area contributed by atoms with E-state index < -0.39 is 0 Å². The van der Waals surface area contributed by atoms with Gasteiger partial charge in [0.1, 0.15) is 17.3 Å². The second-order valence-electron chi connectivity index (χ2n) is 5.42. The van der Waals surface area contributed by atoms with Gasteiger partial charge in [0.2, 0.25) is 5.91 Å². The van der Waals surface area contributed by atoms with Crippen LogP contribution in [0.1, 0.15) is 6.42 Å². The predicted octanol–water partition coefficient (Wildman–Crippen LogP) is 3.18. The summed E-state index contributed by atoms with van der Waals surface area (Å²) in [5, 5.41) is 4.88. The summed E-state index contributed by atoms with van der Waals surface area (Å²) in [6.07, 6.45) is 2.59. The van der Waals surface area contributed by atoms with Gasteiger partial charge < -0.3 is 10.1 Å². The summed E-state index contributed by atoms with van der Waals surface area (Å²) >= 11 is 1.48. The number of benzene rings is 1. The molecule has 1 amide bonds. The third-order valence-electron chi connectivity index (χ3n) is 3.92. The van der Waals surface area contributed by atoms with Crippen LogP contribution in [0.15, 0.2) is 35.8 Å². The molecule has 0 radical (unpaired) electrons. The predicted molar refractivity (Wildman–Crippen MR) is 86.0 cm³/mol. The number of thiazole rings is 1. The lowest BCUT2D eigenvalue weighted by Crippen LogP contribution is -2.23. The van der Waals surface area contributed by atoms with Gasteiger partial charge in [-0.05, 0) is 30.7 Å². The van der Waals surface area contributed by atoms with E-state index in [2.05, 4.69) is 10.3 Å². The van der Waals surface area contributed by atoms with Crippen molar-refractivity contribution in [2.24, 2.45) is 5.92 Å². The zero-order chi connectivity index (χ0) is 15.8. The van der Waals surface area contributed by atoms with Gasteiger partial charge >= 0.3 is 0 Å². The molecular formula is C16H14FN3O2S. The second-order valence-corrected chi connectivity index (χ2v) is 6.29. The van der Waals surface area contributed by atoms with Gasteiger partial charge in [-0.15, -0.1) is 11.3 Å². The molecule has 1 N–H and O–H groups in total. The lowest BCUT2D eigenvalue weighted by atomic mass is 10.1. The van der Waals surface area contributed by atoms with Gasteiger partial charge in [-0.3, -0.25) is 9.20 Å². The van der Waals surface area contributed by atoms with Crippen molar-refractivity contribution in [3.05, 3.63) is 41.7 Å². The molecular weight excluding hydrogens is 317 g/mol. The van der Waals surface area contributed by atoms with Crippen LogP contribution in [0, 0.1) is 11.7 Å². The SMILES string of the molecule is O=C(Nc1c(-c2ccc(F)cc2)nc2sccn12)[C@H]1CCOC1. The highest BCUT2D eigenvalue weighted by atomic mass is 32.1. The Morgan fingerprint density at radius 2 is 2.22 bits per heavy atom. The molecule has 4 rings (SSSR count). The van der Waals surface area contributed by atoms with Crippen LogP contribution in [-0.2, 0) is 9.53 Å². The van der Waals surface area contributed by atoms with Gasteiger partial charge in [0, 0.05) is 23.7 Å². The number of ether oxygens (including phenoxy) is 1. The third kappa shape index (κ3) is 2.62. The van der Waals surface area contributed by atoms with Crippen molar-refractivity contribution in [2.45, 2.75) is 6.42 Å². The quantitative estimate of drug-likeness (QED) is 0.802. The van der Waals surface area contributed by atoms with Gasteiger partial charge in [-0.2, -0.15) is 0 Å². The summed E-state index contributed by atoms with van der Waals surface area (Å²) in [5.74, 6) is 0.104. The van der Waals surface area contributed by atoms with Crippen molar-refractivity contribution < 1.29 is 13.9 Å². The van der Waals surface area contributed by atoms with Crippen molar-refractivity contribution >= 4 is 28.0 Å². The first-order chi connectivity index (χ1) is 11.2. The minimum absolute atomic E-state index is 0.0705. The molecule has 5 nitrogen and oxygen atoms in total. The van der Waals surface area contributed by atoms with E-state index in [4.69, 9.17) is 4.74 Å². The Hall–Kier alpha value is -2.25. The van der Waals surface area contributed by atoms with Crippen LogP contribution in [0.5, 0.6) is 0 Å². The molecule has 0 aliphatic carbocycles. The summed E-state index contributed by atoms with van der Waals surface area (Å²) in [6, 6.07) is 6.10. The van der Waals surface area contributed by atoms with E-state index in [0.717, 1.165) is 16.9 Å². The standard InChI is InChI=1S/C16H14FN3O2S/c17-12-3-1-10(2-4-12)13-14(20-6-8-23-16(20)18-13)19-15(21)11-5-7-22-9-11/h1-4,6,8,11H,5,7,9H2,(H,19,21)/t11-/m0/s1. The minimum atomic E-state index is -0.302. The van der Waals surface area contributed by atoms with Crippen LogP contribution in [0.4, 0.5) is 10.2 Å². The largest absolute Gasteiger partial charge is 0.381 e. The monoisotopic (exact) mass is 331 g/mol. The highest BCUT2D eigenvalue weighted by Crippen LogP contribution is 2.31. The number of imidazole rings is 1. The maximum absolute atomic E-state index is 13.2. The molecule has 0 spiro atoms. The lowest BCUT2D eigenvalue weighted by molar-refractivity contribution is -0.119. The first kappa shape index (κ1) is 14.3. The molecule has 118 valence electrons. The first-order valence-electron chi connectivity index (χ1n) is 7.32. The van der Waals surface area contributed by atoms with Gasteiger partial charge in [0.05, 0.1) is 12.5 Å². The van der Waals surface area contributed by atoms with Crippen LogP contribution in [0.3, 0.4) is 0 Å². The van der Waals surface area contributed by atoms with E-state index >= 15 is 0 Å². The molecule has 3 heterocycles. The lowest BCUT2D eigenvalue weighted by Gasteiger charge is -2.10. The van der Waals surface area contributed by atoms with Crippen molar-refractivity contribution in [1.29, 1.82) is 0 Å². The van der Waals surface area contributed by atoms with Crippen molar-refractivity contribution in [2.75, 3.05) is 18.5 Å². The highest BCUT2D eigenvalue weighted by molar-refractivity contribution is 7.15. The second kappa shape index (κ2) is 5.75. The van der Waals surface area contributed by atoms with Gasteiger partial charge in [-0.25, -0.2) is 9.37 Å². The van der Waals surface area contributed by atoms with Gasteiger partial charge in [0.25, 0.3) is 0 Å². The minimum Gasteiger partial charge on any atom is -0.381 e. The molecule has 0 unspecified atom stereocenters. The number of carbonyl (C=O) groups excluding carboxylic acids is 1. The Labute approximate surface area is 135 Å². The molecule has 1 aromatic carbocycles. The smallest absolute Gasteiger partial charge is 0.231 e. The van der Waals surface area contributed by atoms with E-state index in [0.29, 0.717) is 24.7 Å². The third-order valence-corrected chi connectivity index (χ3v) is 4.68. The number of nitrogens with zero attached hydrogens (tertiary/aromatic N) is 2. The van der Waals surface area contributed by atoms with Crippen LogP contribution < -0.4 is 5.32 Å². The molecule has 1 atom stereocenters. The Morgan fingerprint density at radius 3 is 2.96 bits per heavy atom.